The molecular formula is C8H6N2O3S. The first-order valence-electron chi connectivity index (χ1n) is 3.62. The summed E-state index contributed by atoms with van der Waals surface area (Å²) in [5.74, 6) is -1.12. The fourth-order valence-electron chi connectivity index (χ4n) is 0.917. The maximum atomic E-state index is 10.8. The van der Waals surface area contributed by atoms with E-state index in [1.165, 1.54) is 12.1 Å². The van der Waals surface area contributed by atoms with E-state index in [1.54, 1.807) is 12.1 Å². The first-order valence-corrected chi connectivity index (χ1v) is 3.98. The first kappa shape index (κ1) is 10.3. The molecule has 2 amide bonds. The lowest BCUT2D eigenvalue weighted by Gasteiger charge is -2.04. The van der Waals surface area contributed by atoms with Crippen molar-refractivity contribution in [3.63, 3.8) is 0 Å². The van der Waals surface area contributed by atoms with Crippen LogP contribution < -0.4 is 5.32 Å². The van der Waals surface area contributed by atoms with E-state index in [9.17, 15) is 9.59 Å². The second-order valence-electron chi connectivity index (χ2n) is 2.37. The minimum Gasteiger partial charge on any atom is -0.478 e. The number of nitrogens with one attached hydrogen (secondary N) is 1. The normalized spacial score (nSPS) is 9.14. The summed E-state index contributed by atoms with van der Waals surface area (Å²) in [6, 6.07) is 5.24. The van der Waals surface area contributed by atoms with Gasteiger partial charge < -0.3 is 10.4 Å². The van der Waals surface area contributed by atoms with Gasteiger partial charge in [-0.05, 0) is 12.1 Å². The largest absolute Gasteiger partial charge is 0.478 e. The van der Waals surface area contributed by atoms with E-state index in [4.69, 9.17) is 5.11 Å². The molecule has 1 aromatic rings. The molecule has 0 aliphatic rings. The van der Waals surface area contributed by atoms with Crippen LogP contribution in [0, 0.1) is 0 Å². The molecule has 0 saturated heterocycles. The summed E-state index contributed by atoms with van der Waals surface area (Å²) in [5, 5.41) is 11.0. The van der Waals surface area contributed by atoms with Gasteiger partial charge in [0.15, 0.2) is 0 Å². The molecule has 1 aromatic carbocycles. The Hall–Kier alpha value is -1.82. The summed E-state index contributed by atoms with van der Waals surface area (Å²) in [6.45, 7) is 0. The predicted molar refractivity (Wildman–Crippen MR) is 52.2 cm³/mol. The molecule has 5 nitrogen and oxygen atoms in total. The van der Waals surface area contributed by atoms with Crippen LogP contribution in [0.4, 0.5) is 10.5 Å². The molecule has 14 heavy (non-hydrogen) atoms. The van der Waals surface area contributed by atoms with Gasteiger partial charge in [-0.15, -0.1) is 4.36 Å². The van der Waals surface area contributed by atoms with Crippen molar-refractivity contribution in [2.45, 2.75) is 0 Å². The van der Waals surface area contributed by atoms with Crippen LogP contribution >= 0.6 is 0 Å². The Morgan fingerprint density at radius 2 is 2.00 bits per heavy atom. The highest BCUT2D eigenvalue weighted by atomic mass is 32.1. The van der Waals surface area contributed by atoms with Crippen LogP contribution in [0.15, 0.2) is 28.6 Å². The number of hydrogen-bond acceptors (Lipinski definition) is 3. The monoisotopic (exact) mass is 210 g/mol. The summed E-state index contributed by atoms with van der Waals surface area (Å²) >= 11 is 4.15. The number of carboxylic acid groups (broad SMARTS) is 1. The van der Waals surface area contributed by atoms with Crippen LogP contribution in [0.1, 0.15) is 10.4 Å². The third kappa shape index (κ3) is 2.33. The number of aromatic carboxylic acids is 1. The molecular weight excluding hydrogens is 204 g/mol. The fourth-order valence-corrected chi connectivity index (χ4v) is 0.962. The van der Waals surface area contributed by atoms with E-state index >= 15 is 0 Å². The number of carbonyl (C=O) groups is 2. The van der Waals surface area contributed by atoms with Crippen LogP contribution in [-0.2, 0) is 12.4 Å². The molecule has 0 aliphatic carbocycles. The average molecular weight is 210 g/mol. The van der Waals surface area contributed by atoms with Crippen molar-refractivity contribution in [1.82, 2.24) is 0 Å². The van der Waals surface area contributed by atoms with E-state index < -0.39 is 12.0 Å². The lowest BCUT2D eigenvalue weighted by molar-refractivity contribution is 0.0698. The minimum atomic E-state index is -1.12. The Morgan fingerprint density at radius 1 is 1.36 bits per heavy atom. The SMILES string of the molecule is O=C(N=S)Nc1ccccc1C(=O)O. The number of anilines is 1. The summed E-state index contributed by atoms with van der Waals surface area (Å²) < 4.78 is 2.92. The van der Waals surface area contributed by atoms with Crippen molar-refractivity contribution in [2.24, 2.45) is 4.36 Å². The van der Waals surface area contributed by atoms with Crippen LogP contribution in [0.25, 0.3) is 0 Å². The quantitative estimate of drug-likeness (QED) is 0.777. The van der Waals surface area contributed by atoms with Gasteiger partial charge in [0, 0.05) is 12.4 Å². The van der Waals surface area contributed by atoms with E-state index in [-0.39, 0.29) is 11.3 Å². The number of carbonyl (C=O) groups excluding carboxylic acids is 1. The Kier molecular flexibility index (Phi) is 3.24. The zero-order valence-electron chi connectivity index (χ0n) is 6.93. The molecule has 0 radical (unpaired) electrons. The number of rotatable bonds is 2. The Balaban J connectivity index is 3.01. The van der Waals surface area contributed by atoms with E-state index in [2.05, 4.69) is 22.1 Å². The fraction of sp³-hybridized carbons (Fsp3) is 0. The number of nitrogens with zero attached hydrogens (tertiary/aromatic N) is 1. The van der Waals surface area contributed by atoms with Crippen molar-refractivity contribution in [2.75, 3.05) is 5.32 Å². The Labute approximate surface area is 84.9 Å². The molecule has 0 atom stereocenters. The van der Waals surface area contributed by atoms with Gasteiger partial charge >= 0.3 is 12.0 Å². The molecule has 72 valence electrons. The summed E-state index contributed by atoms with van der Waals surface area (Å²) in [5.41, 5.74) is 0.179. The first-order chi connectivity index (χ1) is 6.65. The van der Waals surface area contributed by atoms with Gasteiger partial charge in [-0.1, -0.05) is 12.1 Å². The lowest BCUT2D eigenvalue weighted by atomic mass is 10.2. The van der Waals surface area contributed by atoms with Gasteiger partial charge in [0.2, 0.25) is 0 Å². The van der Waals surface area contributed by atoms with Gasteiger partial charge in [0.05, 0.1) is 11.3 Å². The number of hydrogen-bond donors (Lipinski definition) is 2. The van der Waals surface area contributed by atoms with E-state index in [0.29, 0.717) is 0 Å². The van der Waals surface area contributed by atoms with Gasteiger partial charge in [-0.3, -0.25) is 0 Å². The summed E-state index contributed by atoms with van der Waals surface area (Å²) in [6.07, 6.45) is 0. The summed E-state index contributed by atoms with van der Waals surface area (Å²) in [4.78, 5) is 21.5. The zero-order valence-corrected chi connectivity index (χ0v) is 7.75. The van der Waals surface area contributed by atoms with Gasteiger partial charge in [-0.25, -0.2) is 9.59 Å². The molecule has 2 N–H and O–H groups in total. The van der Waals surface area contributed by atoms with E-state index in [0.717, 1.165) is 0 Å². The molecule has 0 fully saturated rings. The number of para-hydroxylation sites is 1. The highest BCUT2D eigenvalue weighted by Gasteiger charge is 2.10. The van der Waals surface area contributed by atoms with Crippen LogP contribution in [0.3, 0.4) is 0 Å². The van der Waals surface area contributed by atoms with E-state index in [1.807, 2.05) is 0 Å². The van der Waals surface area contributed by atoms with Crippen molar-refractivity contribution in [3.8, 4) is 0 Å². The molecule has 6 heteroatoms. The summed E-state index contributed by atoms with van der Waals surface area (Å²) in [7, 11) is 0. The van der Waals surface area contributed by atoms with Crippen LogP contribution in [-0.4, -0.2) is 17.1 Å². The molecule has 0 saturated carbocycles. The Bertz CT molecular complexity index is 392. The maximum absolute atomic E-state index is 10.8. The molecule has 0 bridgehead atoms. The third-order valence-electron chi connectivity index (χ3n) is 1.48. The van der Waals surface area contributed by atoms with Crippen molar-refractivity contribution in [1.29, 1.82) is 0 Å². The zero-order chi connectivity index (χ0) is 10.6. The van der Waals surface area contributed by atoms with Crippen LogP contribution in [0.2, 0.25) is 0 Å². The lowest BCUT2D eigenvalue weighted by Crippen LogP contribution is -2.09. The molecule has 0 aliphatic heterocycles. The second-order valence-corrected chi connectivity index (χ2v) is 2.55. The number of urea groups is 1. The minimum absolute atomic E-state index is 0.000463. The van der Waals surface area contributed by atoms with Crippen molar-refractivity contribution in [3.05, 3.63) is 29.8 Å². The number of benzene rings is 1. The molecule has 1 rings (SSSR count). The topological polar surface area (TPSA) is 78.8 Å². The Morgan fingerprint density at radius 3 is 2.57 bits per heavy atom. The third-order valence-corrected chi connectivity index (χ3v) is 1.65. The average Bonchev–Trinajstić information content (AvgIpc) is 2.18. The van der Waals surface area contributed by atoms with Crippen molar-refractivity contribution < 1.29 is 14.7 Å². The van der Waals surface area contributed by atoms with Crippen LogP contribution in [0.5, 0.6) is 0 Å². The smallest absolute Gasteiger partial charge is 0.356 e. The van der Waals surface area contributed by atoms with Crippen molar-refractivity contribution >= 4 is 30.1 Å². The molecule has 0 aromatic heterocycles. The number of carboxylic acids is 1. The standard InChI is InChI=1S/C8H6N2O3S/c11-7(12)5-3-1-2-4-6(5)9-8(13)10-14/h1-4H,(H,9,13)(H,11,12). The highest BCUT2D eigenvalue weighted by molar-refractivity contribution is 7.47. The predicted octanol–water partition coefficient (Wildman–Crippen LogP) is 1.65. The molecule has 0 unspecified atom stereocenters. The highest BCUT2D eigenvalue weighted by Crippen LogP contribution is 2.14. The second kappa shape index (κ2) is 4.43. The number of amides is 2. The van der Waals surface area contributed by atoms with Gasteiger partial charge in [-0.2, -0.15) is 0 Å². The molecule has 0 spiro atoms. The maximum Gasteiger partial charge on any atom is 0.356 e. The van der Waals surface area contributed by atoms with Gasteiger partial charge in [0.1, 0.15) is 0 Å². The molecule has 0 heterocycles. The van der Waals surface area contributed by atoms with Gasteiger partial charge in [0.25, 0.3) is 0 Å².